The summed E-state index contributed by atoms with van der Waals surface area (Å²) in [5, 5.41) is 15.4. The van der Waals surface area contributed by atoms with Crippen molar-refractivity contribution in [2.24, 2.45) is 0 Å². The van der Waals surface area contributed by atoms with Crippen molar-refractivity contribution in [1.29, 1.82) is 0 Å². The Bertz CT molecular complexity index is 2110. The van der Waals surface area contributed by atoms with Crippen LogP contribution < -0.4 is 39.0 Å². The second-order valence-electron chi connectivity index (χ2n) is 15.5. The fourth-order valence-electron chi connectivity index (χ4n) is 7.28. The van der Waals surface area contributed by atoms with Crippen LogP contribution in [0.2, 0.25) is 0 Å². The zero-order valence-electron chi connectivity index (χ0n) is 38.7. The number of aliphatic hydroxyl groups excluding tert-OH is 1. The number of benzene rings is 4. The number of rotatable bonds is 6. The van der Waals surface area contributed by atoms with Crippen LogP contribution in [0.4, 0.5) is 0 Å². The first kappa shape index (κ1) is 52.8. The van der Waals surface area contributed by atoms with Crippen LogP contribution in [0.15, 0.2) is 97.1 Å². The van der Waals surface area contributed by atoms with Crippen LogP contribution in [-0.4, -0.2) is 118 Å². The van der Waals surface area contributed by atoms with Gasteiger partial charge in [-0.05, 0) is 117 Å². The number of hydrogen-bond acceptors (Lipinski definition) is 9. The quantitative estimate of drug-likeness (QED) is 0.196. The van der Waals surface area contributed by atoms with Crippen molar-refractivity contribution >= 4 is 38.0 Å². The Labute approximate surface area is 392 Å². The minimum atomic E-state index is -0.853. The topological polar surface area (TPSA) is 164 Å². The Morgan fingerprint density at radius 3 is 1.55 bits per heavy atom. The number of amides is 4. The standard InChI is InChI=1S/C25H30N2O5.C24H30N2O4.B.Li.H/c1-3-13-27-14-4-5-15-32-21-11-9-18(10-12-21)16-22(25(30)31-2)26-23(28)19-7-6-8-20(17-19)24(27)29;1-2-12-26-13-3-4-14-30-22-10-8-18(9-11-22)15-21(17-27)25-23(28)19-6-5-7-20(16-19)24(26)29;;;/h6-12,17,22H,3-5,13-16H2,1-2H3,(H,26,28);5-11,16,21,27H,2-4,12-15,17H2,1H3,(H,25,28);;;/q;;;+1;-1. The number of carbonyl (C=O) groups is 5. The van der Waals surface area contributed by atoms with Gasteiger partial charge >= 0.3 is 24.8 Å². The maximum Gasteiger partial charge on any atom is 1.00 e. The Kier molecular flexibility index (Phi) is 22.8. The molecule has 3 N–H and O–H groups in total. The zero-order chi connectivity index (χ0) is 44.3. The van der Waals surface area contributed by atoms with Crippen molar-refractivity contribution in [3.05, 3.63) is 130 Å². The molecule has 2 atom stereocenters. The normalized spacial score (nSPS) is 17.4. The van der Waals surface area contributed by atoms with E-state index in [-0.39, 0.29) is 59.4 Å². The Balaban J connectivity index is 0.000000428. The molecule has 8 bridgehead atoms. The maximum absolute atomic E-state index is 13.1. The molecule has 335 valence electrons. The van der Waals surface area contributed by atoms with Crippen LogP contribution in [-0.2, 0) is 22.4 Å². The van der Waals surface area contributed by atoms with E-state index in [1.165, 1.54) is 7.11 Å². The van der Waals surface area contributed by atoms with Gasteiger partial charge in [0, 0.05) is 63.3 Å². The molecule has 0 fully saturated rings. The SMILES string of the molecule is CCCN1CCCCOc2ccc(cc2)CC(C(=O)OC)NC(=O)c2cccc(c2)C1=O.CCCN1CCCCOc2ccc(cc2)CC(CO)NC(=O)c2cccc(c2)C1=O.[B].[H-].[Li+]. The molecule has 4 aliphatic rings. The van der Waals surface area contributed by atoms with Gasteiger partial charge in [0.2, 0.25) is 0 Å². The summed E-state index contributed by atoms with van der Waals surface area (Å²) < 4.78 is 16.5. The number of methoxy groups -OCH3 is 1. The molecule has 64 heavy (non-hydrogen) atoms. The summed E-state index contributed by atoms with van der Waals surface area (Å²) in [5.74, 6) is 0.0929. The summed E-state index contributed by atoms with van der Waals surface area (Å²) in [6.45, 7) is 7.64. The largest absolute Gasteiger partial charge is 1.00 e. The summed E-state index contributed by atoms with van der Waals surface area (Å²) in [6, 6.07) is 27.3. The summed E-state index contributed by atoms with van der Waals surface area (Å²) >= 11 is 0. The number of carbonyl (C=O) groups excluding carboxylic acids is 5. The molecule has 3 radical (unpaired) electrons. The van der Waals surface area contributed by atoms with Crippen LogP contribution in [0.1, 0.15) is 106 Å². The molecule has 4 heterocycles. The summed E-state index contributed by atoms with van der Waals surface area (Å²) in [5.41, 5.74) is 3.57. The molecule has 13 nitrogen and oxygen atoms in total. The third-order valence-electron chi connectivity index (χ3n) is 10.6. The van der Waals surface area contributed by atoms with Gasteiger partial charge in [-0.3, -0.25) is 19.2 Å². The minimum Gasteiger partial charge on any atom is -1.00 e. The monoisotopic (exact) mass is 867 g/mol. The van der Waals surface area contributed by atoms with E-state index >= 15 is 0 Å². The van der Waals surface area contributed by atoms with Crippen molar-refractivity contribution in [3.8, 4) is 11.5 Å². The molecule has 4 aromatic carbocycles. The number of nitrogens with zero attached hydrogens (tertiary/aromatic N) is 2. The number of fused-ring (bicyclic) bond motifs is 22. The first-order chi connectivity index (χ1) is 30.1. The molecule has 4 aliphatic heterocycles. The molecule has 0 aromatic heterocycles. The van der Waals surface area contributed by atoms with Crippen molar-refractivity contribution in [2.45, 2.75) is 77.3 Å². The third-order valence-corrected chi connectivity index (χ3v) is 10.6. The van der Waals surface area contributed by atoms with Crippen LogP contribution in [0.25, 0.3) is 0 Å². The van der Waals surface area contributed by atoms with Crippen molar-refractivity contribution in [3.63, 3.8) is 0 Å². The molecule has 0 aliphatic carbocycles. The van der Waals surface area contributed by atoms with Gasteiger partial charge in [-0.15, -0.1) is 0 Å². The smallest absolute Gasteiger partial charge is 1.00 e. The predicted octanol–water partition coefficient (Wildman–Crippen LogP) is 3.01. The van der Waals surface area contributed by atoms with E-state index in [1.807, 2.05) is 72.2 Å². The van der Waals surface area contributed by atoms with E-state index in [9.17, 15) is 29.1 Å². The Hall–Kier alpha value is -5.55. The van der Waals surface area contributed by atoms with Gasteiger partial charge in [0.15, 0.2) is 0 Å². The average Bonchev–Trinajstić information content (AvgIpc) is 3.30. The molecule has 4 amide bonds. The van der Waals surface area contributed by atoms with Crippen LogP contribution >= 0.6 is 0 Å². The molecule has 8 rings (SSSR count). The minimum absolute atomic E-state index is 0. The van der Waals surface area contributed by atoms with Gasteiger partial charge in [-0.2, -0.15) is 0 Å². The van der Waals surface area contributed by atoms with Crippen LogP contribution in [0.3, 0.4) is 0 Å². The maximum atomic E-state index is 13.1. The fraction of sp³-hybridized carbons (Fsp3) is 0.408. The summed E-state index contributed by atoms with van der Waals surface area (Å²) in [4.78, 5) is 67.7. The predicted molar refractivity (Wildman–Crippen MR) is 243 cm³/mol. The van der Waals surface area contributed by atoms with Gasteiger partial charge in [0.25, 0.3) is 23.6 Å². The molecule has 4 aromatic rings. The average molecular weight is 868 g/mol. The van der Waals surface area contributed by atoms with Crippen LogP contribution in [0.5, 0.6) is 11.5 Å². The molecule has 2 unspecified atom stereocenters. The first-order valence-corrected chi connectivity index (χ1v) is 21.6. The Morgan fingerprint density at radius 1 is 0.672 bits per heavy atom. The van der Waals surface area contributed by atoms with Crippen molar-refractivity contribution in [2.75, 3.05) is 53.1 Å². The van der Waals surface area contributed by atoms with Gasteiger partial charge in [-0.1, -0.05) is 50.2 Å². The fourth-order valence-corrected chi connectivity index (χ4v) is 7.28. The molecule has 0 saturated heterocycles. The molecule has 0 spiro atoms. The van der Waals surface area contributed by atoms with E-state index in [0.29, 0.717) is 68.1 Å². The number of hydrogen-bond donors (Lipinski definition) is 3. The van der Waals surface area contributed by atoms with E-state index in [0.717, 1.165) is 61.2 Å². The van der Waals surface area contributed by atoms with E-state index in [2.05, 4.69) is 10.6 Å². The molecule has 15 heteroatoms. The second-order valence-corrected chi connectivity index (χ2v) is 15.5. The third kappa shape index (κ3) is 15.9. The van der Waals surface area contributed by atoms with E-state index < -0.39 is 24.0 Å². The van der Waals surface area contributed by atoms with Gasteiger partial charge in [0.05, 0.1) is 33.0 Å². The van der Waals surface area contributed by atoms with Gasteiger partial charge in [0.1, 0.15) is 17.5 Å². The number of aliphatic hydroxyl groups is 1. The Morgan fingerprint density at radius 2 is 1.11 bits per heavy atom. The number of esters is 1. The van der Waals surface area contributed by atoms with Gasteiger partial charge in [-0.25, -0.2) is 4.79 Å². The van der Waals surface area contributed by atoms with Crippen molar-refractivity contribution in [1.82, 2.24) is 20.4 Å². The second kappa shape index (κ2) is 27.6. The molecular formula is C49H61BLiN4O9. The number of ether oxygens (including phenoxy) is 3. The molecular weight excluding hydrogens is 806 g/mol. The van der Waals surface area contributed by atoms with Gasteiger partial charge < -0.3 is 41.2 Å². The molecule has 0 saturated carbocycles. The first-order valence-electron chi connectivity index (χ1n) is 21.6. The van der Waals surface area contributed by atoms with Crippen molar-refractivity contribution < 1.29 is 63.6 Å². The van der Waals surface area contributed by atoms with E-state index in [1.54, 1.807) is 48.5 Å². The van der Waals surface area contributed by atoms with Crippen LogP contribution in [0, 0.1) is 0 Å². The summed E-state index contributed by atoms with van der Waals surface area (Å²) in [6.07, 6.45) is 5.84. The van der Waals surface area contributed by atoms with E-state index in [4.69, 9.17) is 14.2 Å². The number of nitrogens with one attached hydrogen (secondary N) is 2. The zero-order valence-corrected chi connectivity index (χ0v) is 37.7. The summed E-state index contributed by atoms with van der Waals surface area (Å²) in [7, 11) is 1.29.